The van der Waals surface area contributed by atoms with E-state index < -0.39 is 40.9 Å². The third-order valence-corrected chi connectivity index (χ3v) is 3.62. The van der Waals surface area contributed by atoms with Gasteiger partial charge >= 0.3 is 29.6 Å². The first-order valence-electron chi connectivity index (χ1n) is 5.52. The van der Waals surface area contributed by atoms with Gasteiger partial charge in [-0.3, -0.25) is 18.7 Å². The first-order valence-corrected chi connectivity index (χ1v) is 6.76. The zero-order valence-electron chi connectivity index (χ0n) is 11.1. The SMILES string of the molecule is CC(F)(CN1C(=O)c2ccccc2C1=O)CS(=O)[O-].[Na+]. The smallest absolute Gasteiger partial charge is 0.772 e. The molecule has 1 aliphatic heterocycles. The molecule has 1 aromatic carbocycles. The Morgan fingerprint density at radius 1 is 1.25 bits per heavy atom. The molecule has 8 heteroatoms. The molecule has 0 saturated carbocycles. The van der Waals surface area contributed by atoms with Crippen LogP contribution in [0.15, 0.2) is 24.3 Å². The summed E-state index contributed by atoms with van der Waals surface area (Å²) < 4.78 is 35.1. The van der Waals surface area contributed by atoms with E-state index in [0.717, 1.165) is 11.8 Å². The molecule has 1 heterocycles. The standard InChI is InChI=1S/C12H12FNO4S.Na/c1-12(13,7-19(17)18)6-14-10(15)8-4-2-3-5-9(8)11(14)16;/h2-5H,6-7H2,1H3,(H,17,18);/q;+1/p-1. The monoisotopic (exact) mass is 307 g/mol. The fraction of sp³-hybridized carbons (Fsp3) is 0.333. The average molecular weight is 307 g/mol. The third-order valence-electron chi connectivity index (χ3n) is 2.78. The Kier molecular flexibility index (Phi) is 5.62. The van der Waals surface area contributed by atoms with Crippen LogP contribution in [0.2, 0.25) is 0 Å². The van der Waals surface area contributed by atoms with Crippen LogP contribution in [-0.2, 0) is 11.1 Å². The largest absolute Gasteiger partial charge is 1.00 e. The van der Waals surface area contributed by atoms with Gasteiger partial charge in [0.25, 0.3) is 11.8 Å². The van der Waals surface area contributed by atoms with Crippen molar-refractivity contribution >= 4 is 22.9 Å². The van der Waals surface area contributed by atoms with Gasteiger partial charge in [0.05, 0.1) is 17.7 Å². The maximum absolute atomic E-state index is 14.0. The fourth-order valence-electron chi connectivity index (χ4n) is 2.00. The summed E-state index contributed by atoms with van der Waals surface area (Å²) in [4.78, 5) is 24.7. The van der Waals surface area contributed by atoms with Crippen LogP contribution in [0, 0.1) is 0 Å². The minimum absolute atomic E-state index is 0. The van der Waals surface area contributed by atoms with Crippen LogP contribution in [-0.4, -0.2) is 43.4 Å². The zero-order chi connectivity index (χ0) is 14.2. The summed E-state index contributed by atoms with van der Waals surface area (Å²) in [6.45, 7) is 0.472. The predicted molar refractivity (Wildman–Crippen MR) is 65.1 cm³/mol. The van der Waals surface area contributed by atoms with E-state index in [2.05, 4.69) is 0 Å². The van der Waals surface area contributed by atoms with Gasteiger partial charge in [-0.15, -0.1) is 0 Å². The van der Waals surface area contributed by atoms with Crippen molar-refractivity contribution in [1.82, 2.24) is 4.90 Å². The Hall–Kier alpha value is -0.600. The molecule has 2 unspecified atom stereocenters. The molecule has 0 aromatic heterocycles. The van der Waals surface area contributed by atoms with E-state index in [9.17, 15) is 22.7 Å². The number of benzene rings is 1. The first kappa shape index (κ1) is 17.5. The van der Waals surface area contributed by atoms with Gasteiger partial charge in [-0.1, -0.05) is 23.2 Å². The van der Waals surface area contributed by atoms with Crippen LogP contribution in [0.3, 0.4) is 0 Å². The number of nitrogens with zero attached hydrogens (tertiary/aromatic N) is 1. The first-order chi connectivity index (χ1) is 8.82. The molecule has 1 aromatic rings. The summed E-state index contributed by atoms with van der Waals surface area (Å²) in [5.74, 6) is -1.96. The van der Waals surface area contributed by atoms with Crippen molar-refractivity contribution in [3.8, 4) is 0 Å². The van der Waals surface area contributed by atoms with E-state index in [1.54, 1.807) is 12.1 Å². The number of hydrogen-bond donors (Lipinski definition) is 0. The molecule has 2 rings (SSSR count). The maximum Gasteiger partial charge on any atom is 1.00 e. The normalized spacial score (nSPS) is 18.2. The number of fused-ring (bicyclic) bond motifs is 1. The Labute approximate surface area is 140 Å². The van der Waals surface area contributed by atoms with Crippen molar-refractivity contribution in [1.29, 1.82) is 0 Å². The van der Waals surface area contributed by atoms with Gasteiger partial charge in [0.1, 0.15) is 5.67 Å². The molecule has 5 nitrogen and oxygen atoms in total. The molecule has 2 amide bonds. The van der Waals surface area contributed by atoms with E-state index in [4.69, 9.17) is 0 Å². The summed E-state index contributed by atoms with van der Waals surface area (Å²) in [7, 11) is 0. The number of carbonyl (C=O) groups is 2. The molecule has 0 saturated heterocycles. The molecule has 0 spiro atoms. The molecule has 0 radical (unpaired) electrons. The van der Waals surface area contributed by atoms with Crippen LogP contribution in [0.1, 0.15) is 27.6 Å². The number of hydrogen-bond acceptors (Lipinski definition) is 4. The summed E-state index contributed by atoms with van der Waals surface area (Å²) in [5.41, 5.74) is -1.74. The van der Waals surface area contributed by atoms with E-state index >= 15 is 0 Å². The fourth-order valence-corrected chi connectivity index (χ4v) is 2.59. The van der Waals surface area contributed by atoms with Crippen LogP contribution in [0.5, 0.6) is 0 Å². The van der Waals surface area contributed by atoms with Crippen molar-refractivity contribution in [2.75, 3.05) is 12.3 Å². The Balaban J connectivity index is 0.00000200. The Morgan fingerprint density at radius 2 is 1.70 bits per heavy atom. The minimum Gasteiger partial charge on any atom is -0.772 e. The second kappa shape index (κ2) is 6.44. The van der Waals surface area contributed by atoms with Crippen molar-refractivity contribution in [3.63, 3.8) is 0 Å². The second-order valence-corrected chi connectivity index (χ2v) is 5.50. The topological polar surface area (TPSA) is 77.5 Å². The molecule has 20 heavy (non-hydrogen) atoms. The van der Waals surface area contributed by atoms with E-state index in [1.807, 2.05) is 0 Å². The third kappa shape index (κ3) is 3.53. The number of alkyl halides is 1. The van der Waals surface area contributed by atoms with E-state index in [0.29, 0.717) is 0 Å². The Morgan fingerprint density at radius 3 is 2.10 bits per heavy atom. The zero-order valence-corrected chi connectivity index (χ0v) is 13.9. The molecular weight excluding hydrogens is 296 g/mol. The van der Waals surface area contributed by atoms with Crippen LogP contribution >= 0.6 is 0 Å². The molecule has 102 valence electrons. The number of rotatable bonds is 4. The van der Waals surface area contributed by atoms with Gasteiger partial charge < -0.3 is 4.55 Å². The quantitative estimate of drug-likeness (QED) is 0.362. The van der Waals surface area contributed by atoms with Crippen molar-refractivity contribution in [3.05, 3.63) is 35.4 Å². The molecule has 0 aliphatic carbocycles. The van der Waals surface area contributed by atoms with Gasteiger partial charge in [-0.05, 0) is 19.1 Å². The van der Waals surface area contributed by atoms with Crippen molar-refractivity contribution in [2.24, 2.45) is 0 Å². The van der Waals surface area contributed by atoms with E-state index in [1.165, 1.54) is 12.1 Å². The molecule has 0 fully saturated rings. The second-order valence-electron chi connectivity index (χ2n) is 4.60. The van der Waals surface area contributed by atoms with Gasteiger partial charge in [0.2, 0.25) is 0 Å². The van der Waals surface area contributed by atoms with Gasteiger partial charge in [-0.25, -0.2) is 4.39 Å². The molecule has 1 aliphatic rings. The van der Waals surface area contributed by atoms with Gasteiger partial charge in [-0.2, -0.15) is 0 Å². The van der Waals surface area contributed by atoms with E-state index in [-0.39, 0.29) is 40.7 Å². The number of carbonyl (C=O) groups excluding carboxylic acids is 2. The number of amides is 2. The summed E-state index contributed by atoms with van der Waals surface area (Å²) in [5, 5.41) is 0. The number of halogens is 1. The van der Waals surface area contributed by atoms with Crippen LogP contribution < -0.4 is 29.6 Å². The van der Waals surface area contributed by atoms with Gasteiger partial charge in [0.15, 0.2) is 0 Å². The molecule has 0 N–H and O–H groups in total. The summed E-state index contributed by atoms with van der Waals surface area (Å²) >= 11 is -2.58. The molecule has 2 atom stereocenters. The van der Waals surface area contributed by atoms with Crippen LogP contribution in [0.25, 0.3) is 0 Å². The predicted octanol–water partition coefficient (Wildman–Crippen LogP) is -2.11. The minimum atomic E-state index is -2.58. The number of imide groups is 1. The molecular formula is C12H11FNNaO4S. The van der Waals surface area contributed by atoms with Crippen molar-refractivity contribution < 1.29 is 52.3 Å². The molecule has 0 bridgehead atoms. The maximum atomic E-state index is 14.0. The average Bonchev–Trinajstić information content (AvgIpc) is 2.53. The Bertz CT molecular complexity index is 543. The summed E-state index contributed by atoms with van der Waals surface area (Å²) in [6.07, 6.45) is 0. The summed E-state index contributed by atoms with van der Waals surface area (Å²) in [6, 6.07) is 6.18. The van der Waals surface area contributed by atoms with Crippen molar-refractivity contribution in [2.45, 2.75) is 12.6 Å². The van der Waals surface area contributed by atoms with Crippen LogP contribution in [0.4, 0.5) is 4.39 Å². The van der Waals surface area contributed by atoms with Gasteiger partial charge in [0, 0.05) is 5.75 Å².